The summed E-state index contributed by atoms with van der Waals surface area (Å²) in [5, 5.41) is 9.25. The summed E-state index contributed by atoms with van der Waals surface area (Å²) in [4.78, 5) is 12.8. The van der Waals surface area contributed by atoms with Crippen molar-refractivity contribution in [3.05, 3.63) is 29.6 Å². The molecule has 0 spiro atoms. The predicted octanol–water partition coefficient (Wildman–Crippen LogP) is 3.02. The summed E-state index contributed by atoms with van der Waals surface area (Å²) in [6, 6.07) is 4.73. The van der Waals surface area contributed by atoms with Crippen LogP contribution in [-0.4, -0.2) is 41.4 Å². The van der Waals surface area contributed by atoms with Gasteiger partial charge >= 0.3 is 6.09 Å². The van der Waals surface area contributed by atoms with Crippen LogP contribution in [0.15, 0.2) is 18.2 Å². The van der Waals surface area contributed by atoms with Gasteiger partial charge in [-0.3, -0.25) is 0 Å². The molecule has 0 aromatic heterocycles. The number of carboxylic acid groups (broad SMARTS) is 1. The molecule has 2 fully saturated rings. The van der Waals surface area contributed by atoms with Gasteiger partial charge in [0.15, 0.2) is 0 Å². The summed E-state index contributed by atoms with van der Waals surface area (Å²) >= 11 is 0. The Morgan fingerprint density at radius 1 is 1.36 bits per heavy atom. The fourth-order valence-corrected chi connectivity index (χ4v) is 3.62. The summed E-state index contributed by atoms with van der Waals surface area (Å²) in [6.45, 7) is 0.200. The van der Waals surface area contributed by atoms with Gasteiger partial charge in [-0.05, 0) is 31.0 Å². The minimum atomic E-state index is -0.838. The molecule has 2 aliphatic rings. The lowest BCUT2D eigenvalue weighted by atomic mass is 10.00. The molecule has 2 aliphatic heterocycles. The predicted molar refractivity (Wildman–Crippen MR) is 77.4 cm³/mol. The van der Waals surface area contributed by atoms with Crippen LogP contribution in [0.25, 0.3) is 0 Å². The van der Waals surface area contributed by atoms with Crippen molar-refractivity contribution in [1.82, 2.24) is 4.90 Å². The van der Waals surface area contributed by atoms with Crippen LogP contribution in [0.5, 0.6) is 5.75 Å². The maximum absolute atomic E-state index is 13.6. The molecule has 2 heterocycles. The smallest absolute Gasteiger partial charge is 0.407 e. The third-order valence-corrected chi connectivity index (χ3v) is 4.53. The van der Waals surface area contributed by atoms with E-state index < -0.39 is 6.09 Å². The second-order valence-corrected chi connectivity index (χ2v) is 5.97. The molecule has 120 valence electrons. The Kier molecular flexibility index (Phi) is 4.20. The zero-order valence-corrected chi connectivity index (χ0v) is 12.5. The zero-order chi connectivity index (χ0) is 15.7. The quantitative estimate of drug-likeness (QED) is 0.929. The van der Waals surface area contributed by atoms with Crippen molar-refractivity contribution in [2.24, 2.45) is 0 Å². The number of rotatable bonds is 4. The summed E-state index contributed by atoms with van der Waals surface area (Å²) in [6.07, 6.45) is 2.33. The van der Waals surface area contributed by atoms with E-state index in [2.05, 4.69) is 0 Å². The zero-order valence-electron chi connectivity index (χ0n) is 12.5. The fraction of sp³-hybridized carbons (Fsp3) is 0.562. The molecule has 0 radical (unpaired) electrons. The second kappa shape index (κ2) is 6.12. The van der Waals surface area contributed by atoms with Crippen molar-refractivity contribution in [3.8, 4) is 5.75 Å². The first-order chi connectivity index (χ1) is 10.6. The normalized spacial score (nSPS) is 27.0. The fourth-order valence-electron chi connectivity index (χ4n) is 3.62. The van der Waals surface area contributed by atoms with Crippen LogP contribution in [0.2, 0.25) is 0 Å². The standard InChI is InChI=1S/C16H20FNO4/c1-21-9-10-6-13(4-5-15(10)17)22-14-7-11-2-3-12(8-14)18(11)16(19)20/h4-6,11-12,14H,2-3,7-9H2,1H3,(H,19,20)/t11-,12+,14+. The molecule has 5 nitrogen and oxygen atoms in total. The van der Waals surface area contributed by atoms with Gasteiger partial charge in [0.05, 0.1) is 6.61 Å². The number of methoxy groups -OCH3 is 1. The summed E-state index contributed by atoms with van der Waals surface area (Å²) in [5.41, 5.74) is 0.464. The van der Waals surface area contributed by atoms with Gasteiger partial charge < -0.3 is 19.5 Å². The molecule has 1 amide bonds. The number of amides is 1. The lowest BCUT2D eigenvalue weighted by Crippen LogP contribution is -2.48. The number of hydrogen-bond acceptors (Lipinski definition) is 3. The largest absolute Gasteiger partial charge is 0.490 e. The maximum atomic E-state index is 13.6. The second-order valence-electron chi connectivity index (χ2n) is 5.97. The number of piperidine rings is 1. The number of hydrogen-bond donors (Lipinski definition) is 1. The van der Waals surface area contributed by atoms with Gasteiger partial charge in [0.25, 0.3) is 0 Å². The highest BCUT2D eigenvalue weighted by Gasteiger charge is 2.44. The molecule has 0 aliphatic carbocycles. The average molecular weight is 309 g/mol. The van der Waals surface area contributed by atoms with Crippen molar-refractivity contribution in [3.63, 3.8) is 0 Å². The molecule has 1 N–H and O–H groups in total. The van der Waals surface area contributed by atoms with Crippen LogP contribution in [0, 0.1) is 5.82 Å². The van der Waals surface area contributed by atoms with E-state index in [1.807, 2.05) is 0 Å². The van der Waals surface area contributed by atoms with E-state index >= 15 is 0 Å². The van der Waals surface area contributed by atoms with Gasteiger partial charge in [-0.2, -0.15) is 0 Å². The van der Waals surface area contributed by atoms with Crippen molar-refractivity contribution < 1.29 is 23.8 Å². The highest BCUT2D eigenvalue weighted by atomic mass is 19.1. The Morgan fingerprint density at radius 2 is 2.05 bits per heavy atom. The Balaban J connectivity index is 1.68. The summed E-state index contributed by atoms with van der Waals surface area (Å²) < 4.78 is 24.5. The number of halogens is 1. The van der Waals surface area contributed by atoms with Crippen LogP contribution >= 0.6 is 0 Å². The Bertz CT molecular complexity index is 551. The molecule has 22 heavy (non-hydrogen) atoms. The van der Waals surface area contributed by atoms with Crippen LogP contribution < -0.4 is 4.74 Å². The maximum Gasteiger partial charge on any atom is 0.407 e. The highest BCUT2D eigenvalue weighted by Crippen LogP contribution is 2.37. The molecule has 6 heteroatoms. The van der Waals surface area contributed by atoms with Gasteiger partial charge in [0.2, 0.25) is 0 Å². The van der Waals surface area contributed by atoms with Crippen LogP contribution in [0.4, 0.5) is 9.18 Å². The van der Waals surface area contributed by atoms with Crippen molar-refractivity contribution >= 4 is 6.09 Å². The van der Waals surface area contributed by atoms with Gasteiger partial charge in [0, 0.05) is 37.6 Å². The van der Waals surface area contributed by atoms with Gasteiger partial charge in [0.1, 0.15) is 17.7 Å². The highest BCUT2D eigenvalue weighted by molar-refractivity contribution is 5.66. The molecule has 0 unspecified atom stereocenters. The van der Waals surface area contributed by atoms with Crippen LogP contribution in [0.3, 0.4) is 0 Å². The minimum Gasteiger partial charge on any atom is -0.490 e. The van der Waals surface area contributed by atoms with Crippen molar-refractivity contribution in [1.29, 1.82) is 0 Å². The lowest BCUT2D eigenvalue weighted by Gasteiger charge is -2.37. The minimum absolute atomic E-state index is 0.0195. The first-order valence-corrected chi connectivity index (χ1v) is 7.53. The Labute approximate surface area is 128 Å². The van der Waals surface area contributed by atoms with Crippen molar-refractivity contribution in [2.45, 2.75) is 50.5 Å². The summed E-state index contributed by atoms with van der Waals surface area (Å²) in [7, 11) is 1.52. The van der Waals surface area contributed by atoms with E-state index in [1.54, 1.807) is 17.0 Å². The first-order valence-electron chi connectivity index (χ1n) is 7.53. The van der Waals surface area contributed by atoms with Crippen LogP contribution in [0.1, 0.15) is 31.2 Å². The van der Waals surface area contributed by atoms with E-state index in [9.17, 15) is 14.3 Å². The molecule has 0 saturated carbocycles. The van der Waals surface area contributed by atoms with Gasteiger partial charge in [-0.25, -0.2) is 9.18 Å². The molecular weight excluding hydrogens is 289 g/mol. The van der Waals surface area contributed by atoms with E-state index in [1.165, 1.54) is 13.2 Å². The third kappa shape index (κ3) is 2.88. The number of benzene rings is 1. The summed E-state index contributed by atoms with van der Waals surface area (Å²) in [5.74, 6) is 0.302. The van der Waals surface area contributed by atoms with Gasteiger partial charge in [-0.15, -0.1) is 0 Å². The van der Waals surface area contributed by atoms with Crippen molar-refractivity contribution in [2.75, 3.05) is 7.11 Å². The molecule has 1 aromatic carbocycles. The first kappa shape index (κ1) is 15.1. The van der Waals surface area contributed by atoms with E-state index in [0.717, 1.165) is 12.8 Å². The monoisotopic (exact) mass is 309 g/mol. The third-order valence-electron chi connectivity index (χ3n) is 4.53. The average Bonchev–Trinajstić information content (AvgIpc) is 2.75. The van der Waals surface area contributed by atoms with E-state index in [4.69, 9.17) is 9.47 Å². The number of carbonyl (C=O) groups is 1. The Morgan fingerprint density at radius 3 is 2.64 bits per heavy atom. The Hall–Kier alpha value is -1.82. The number of nitrogens with zero attached hydrogens (tertiary/aromatic N) is 1. The molecule has 1 aromatic rings. The SMILES string of the molecule is COCc1cc(O[C@H]2C[C@H]3CC[C@@H](C2)N3C(=O)O)ccc1F. The molecular formula is C16H20FNO4. The lowest BCUT2D eigenvalue weighted by molar-refractivity contribution is 0.0494. The van der Waals surface area contributed by atoms with Crippen LogP contribution in [-0.2, 0) is 11.3 Å². The number of fused-ring (bicyclic) bond motifs is 2. The van der Waals surface area contributed by atoms with Gasteiger partial charge in [-0.1, -0.05) is 0 Å². The topological polar surface area (TPSA) is 59.0 Å². The number of ether oxygens (including phenoxy) is 2. The van der Waals surface area contributed by atoms with E-state index in [-0.39, 0.29) is 30.6 Å². The molecule has 3 atom stereocenters. The molecule has 3 rings (SSSR count). The molecule has 2 saturated heterocycles. The molecule has 2 bridgehead atoms. The van der Waals surface area contributed by atoms with E-state index in [0.29, 0.717) is 24.2 Å².